The van der Waals surface area contributed by atoms with E-state index in [4.69, 9.17) is 14.1 Å². The quantitative estimate of drug-likeness (QED) is 0.108. The highest BCUT2D eigenvalue weighted by atomic mass is 16.5. The van der Waals surface area contributed by atoms with E-state index in [1.807, 2.05) is 24.3 Å². The minimum Gasteiger partial charge on any atom is -0.462 e. The van der Waals surface area contributed by atoms with Crippen molar-refractivity contribution in [1.82, 2.24) is 0 Å². The molecule has 0 aromatic heterocycles. The van der Waals surface area contributed by atoms with Crippen molar-refractivity contribution in [3.05, 3.63) is 82.7 Å². The van der Waals surface area contributed by atoms with Crippen molar-refractivity contribution in [3.63, 3.8) is 0 Å². The van der Waals surface area contributed by atoms with Crippen LogP contribution in [0.2, 0.25) is 0 Å². The van der Waals surface area contributed by atoms with Gasteiger partial charge in [0, 0.05) is 58.5 Å². The van der Waals surface area contributed by atoms with E-state index in [9.17, 15) is 4.79 Å². The highest BCUT2D eigenvalue weighted by Gasteiger charge is 2.32. The van der Waals surface area contributed by atoms with Gasteiger partial charge in [0.2, 0.25) is 0 Å². The lowest BCUT2D eigenvalue weighted by molar-refractivity contribution is 0.0500. The Morgan fingerprint density at radius 3 is 2.47 bits per heavy atom. The molecule has 0 fully saturated rings. The number of unbranched alkanes of at least 4 members (excludes halogenated alkanes) is 1. The molecule has 5 nitrogen and oxygen atoms in total. The van der Waals surface area contributed by atoms with Gasteiger partial charge >= 0.3 is 5.97 Å². The van der Waals surface area contributed by atoms with E-state index < -0.39 is 0 Å². The van der Waals surface area contributed by atoms with Crippen molar-refractivity contribution in [1.29, 1.82) is 0 Å². The summed E-state index contributed by atoms with van der Waals surface area (Å²) in [4.78, 5) is 20.9. The Morgan fingerprint density at radius 1 is 1.02 bits per heavy atom. The molecule has 236 valence electrons. The lowest BCUT2D eigenvalue weighted by atomic mass is 9.85. The Hall–Kier alpha value is -4.12. The Bertz CT molecular complexity index is 1840. The number of carbonyl (C=O) groups is 1. The molecule has 0 unspecified atom stereocenters. The summed E-state index contributed by atoms with van der Waals surface area (Å²) in [6.45, 7) is 21.5. The monoisotopic (exact) mass is 604 g/mol. The SMILES string of the molecule is CCCCOC(=O)c1ccccc1-c1c2cc(/C(C)=C\C(C)C)c(=NCC)cc-2oc2cc3c(cc12)C(C)=CC(C)(C)N3CC. The smallest absolute Gasteiger partial charge is 0.338 e. The van der Waals surface area contributed by atoms with Gasteiger partial charge in [-0.05, 0) is 88.8 Å². The van der Waals surface area contributed by atoms with Crippen LogP contribution in [0.1, 0.15) is 96.6 Å². The minimum atomic E-state index is -0.303. The van der Waals surface area contributed by atoms with Crippen LogP contribution in [0.3, 0.4) is 0 Å². The van der Waals surface area contributed by atoms with Crippen LogP contribution in [0.4, 0.5) is 5.69 Å². The zero-order valence-electron chi connectivity index (χ0n) is 28.5. The maximum Gasteiger partial charge on any atom is 0.338 e. The fraction of sp³-hybridized carbons (Fsp3) is 0.400. The van der Waals surface area contributed by atoms with Gasteiger partial charge in [0.25, 0.3) is 0 Å². The lowest BCUT2D eigenvalue weighted by Crippen LogP contribution is -2.44. The number of anilines is 1. The molecular weight excluding hydrogens is 556 g/mol. The second-order valence-corrected chi connectivity index (χ2v) is 13.0. The average Bonchev–Trinajstić information content (AvgIpc) is 2.98. The maximum atomic E-state index is 13.6. The summed E-state index contributed by atoms with van der Waals surface area (Å²) >= 11 is 0. The molecule has 0 saturated carbocycles. The van der Waals surface area contributed by atoms with Crippen LogP contribution in [0.25, 0.3) is 44.6 Å². The van der Waals surface area contributed by atoms with Crippen LogP contribution < -0.4 is 10.3 Å². The summed E-state index contributed by atoms with van der Waals surface area (Å²) in [6, 6.07) is 16.5. The number of carbonyl (C=O) groups excluding carboxylic acids is 1. The van der Waals surface area contributed by atoms with Crippen LogP contribution in [0.5, 0.6) is 0 Å². The van der Waals surface area contributed by atoms with Gasteiger partial charge in [0.1, 0.15) is 11.3 Å². The molecule has 0 N–H and O–H groups in total. The number of esters is 1. The van der Waals surface area contributed by atoms with Crippen molar-refractivity contribution < 1.29 is 13.9 Å². The molecule has 0 bridgehead atoms. The molecule has 0 radical (unpaired) electrons. The summed E-state index contributed by atoms with van der Waals surface area (Å²) < 4.78 is 12.6. The van der Waals surface area contributed by atoms with E-state index in [1.165, 1.54) is 16.7 Å². The van der Waals surface area contributed by atoms with Gasteiger partial charge in [-0.1, -0.05) is 57.5 Å². The molecule has 3 aliphatic rings. The number of nitrogens with zero attached hydrogens (tertiary/aromatic N) is 2. The fourth-order valence-corrected chi connectivity index (χ4v) is 6.84. The summed E-state index contributed by atoms with van der Waals surface area (Å²) in [6.07, 6.45) is 6.42. The molecule has 2 heterocycles. The van der Waals surface area contributed by atoms with Crippen molar-refractivity contribution in [2.45, 2.75) is 80.7 Å². The molecule has 5 heteroatoms. The molecule has 0 spiro atoms. The van der Waals surface area contributed by atoms with E-state index in [0.29, 0.717) is 24.6 Å². The number of hydrogen-bond acceptors (Lipinski definition) is 5. The Morgan fingerprint density at radius 2 is 1.78 bits per heavy atom. The van der Waals surface area contributed by atoms with Gasteiger partial charge in [0.15, 0.2) is 0 Å². The predicted octanol–water partition coefficient (Wildman–Crippen LogP) is 10.2. The standard InChI is InChI=1S/C40H48N2O3/c1-10-13-18-44-39(43)29-17-15-14-16-28(29)38-32-20-30(26(6)19-25(4)5)34(41-11-2)22-36(32)45-37-23-35-31(21-33(37)38)27(7)24-40(8,9)42(35)12-3/h14-17,19-25H,10-13,18H2,1-9H3/b26-19-,41-34?. The first-order chi connectivity index (χ1) is 21.5. The van der Waals surface area contributed by atoms with Crippen molar-refractivity contribution >= 4 is 33.8 Å². The summed E-state index contributed by atoms with van der Waals surface area (Å²) in [7, 11) is 0. The second kappa shape index (κ2) is 13.1. The van der Waals surface area contributed by atoms with Gasteiger partial charge in [-0.15, -0.1) is 0 Å². The number of rotatable bonds is 9. The van der Waals surface area contributed by atoms with Crippen LogP contribution in [-0.4, -0.2) is 31.2 Å². The number of hydrogen-bond donors (Lipinski definition) is 0. The van der Waals surface area contributed by atoms with Gasteiger partial charge in [-0.3, -0.25) is 4.99 Å². The van der Waals surface area contributed by atoms with Crippen LogP contribution >= 0.6 is 0 Å². The number of fused-ring (bicyclic) bond motifs is 3. The number of ether oxygens (including phenoxy) is 1. The highest BCUT2D eigenvalue weighted by molar-refractivity contribution is 6.09. The van der Waals surface area contributed by atoms with Gasteiger partial charge < -0.3 is 14.1 Å². The summed E-state index contributed by atoms with van der Waals surface area (Å²) in [5.74, 6) is 0.828. The van der Waals surface area contributed by atoms with Crippen molar-refractivity contribution in [2.75, 3.05) is 24.6 Å². The average molecular weight is 605 g/mol. The van der Waals surface area contributed by atoms with E-state index in [0.717, 1.165) is 69.4 Å². The van der Waals surface area contributed by atoms with E-state index >= 15 is 0 Å². The minimum absolute atomic E-state index is 0.129. The fourth-order valence-electron chi connectivity index (χ4n) is 6.84. The Balaban J connectivity index is 1.93. The second-order valence-electron chi connectivity index (χ2n) is 13.0. The zero-order valence-corrected chi connectivity index (χ0v) is 28.5. The van der Waals surface area contributed by atoms with Crippen LogP contribution in [0, 0.1) is 5.92 Å². The normalized spacial score (nSPS) is 15.2. The zero-order chi connectivity index (χ0) is 32.5. The highest BCUT2D eigenvalue weighted by Crippen LogP contribution is 2.47. The van der Waals surface area contributed by atoms with E-state index in [2.05, 4.69) is 104 Å². The van der Waals surface area contributed by atoms with Crippen molar-refractivity contribution in [3.8, 4) is 22.5 Å². The van der Waals surface area contributed by atoms with E-state index in [1.54, 1.807) is 0 Å². The topological polar surface area (TPSA) is 55.0 Å². The van der Waals surface area contributed by atoms with Crippen molar-refractivity contribution in [2.24, 2.45) is 10.9 Å². The first-order valence-corrected chi connectivity index (χ1v) is 16.5. The molecular formula is C40H48N2O3. The molecule has 2 aromatic carbocycles. The molecule has 0 atom stereocenters. The molecule has 0 saturated heterocycles. The Labute approximate surface area is 268 Å². The van der Waals surface area contributed by atoms with Crippen LogP contribution in [-0.2, 0) is 4.74 Å². The third-order valence-corrected chi connectivity index (χ3v) is 8.74. The van der Waals surface area contributed by atoms with Crippen LogP contribution in [0.15, 0.2) is 70.1 Å². The van der Waals surface area contributed by atoms with E-state index in [-0.39, 0.29) is 11.5 Å². The lowest BCUT2D eigenvalue weighted by Gasteiger charge is -2.43. The van der Waals surface area contributed by atoms with Gasteiger partial charge in [0.05, 0.1) is 23.1 Å². The van der Waals surface area contributed by atoms with Gasteiger partial charge in [-0.2, -0.15) is 0 Å². The largest absolute Gasteiger partial charge is 0.462 e. The molecule has 2 aromatic rings. The molecule has 1 aliphatic carbocycles. The summed E-state index contributed by atoms with van der Waals surface area (Å²) in [5.41, 5.74) is 9.77. The Kier molecular flexibility index (Phi) is 9.38. The molecule has 5 rings (SSSR count). The maximum absolute atomic E-state index is 13.6. The van der Waals surface area contributed by atoms with Gasteiger partial charge in [-0.25, -0.2) is 4.79 Å². The number of likely N-dealkylation sites (N-methyl/N-ethyl adjacent to an activating group) is 1. The first-order valence-electron chi connectivity index (χ1n) is 16.5. The number of allylic oxidation sites excluding steroid dienone is 3. The first kappa shape index (κ1) is 32.3. The summed E-state index contributed by atoms with van der Waals surface area (Å²) in [5, 5.41) is 1.88. The molecule has 45 heavy (non-hydrogen) atoms. The molecule has 2 aliphatic heterocycles. The third kappa shape index (κ3) is 6.22. The third-order valence-electron chi connectivity index (χ3n) is 8.74. The molecule has 0 amide bonds. The number of benzene rings is 3. The predicted molar refractivity (Wildman–Crippen MR) is 189 cm³/mol.